The topological polar surface area (TPSA) is 86.8 Å². The van der Waals surface area contributed by atoms with Crippen molar-refractivity contribution in [2.75, 3.05) is 6.79 Å². The molecular formula is C24H18N2O5S. The number of amides is 1. The Balaban J connectivity index is 1.38. The minimum Gasteiger partial charge on any atom is -0.454 e. The molecule has 1 aliphatic heterocycles. The molecule has 0 saturated heterocycles. The maximum Gasteiger partial charge on any atom is 0.349 e. The number of ether oxygens (including phenoxy) is 3. The molecule has 2 aromatic heterocycles. The summed E-state index contributed by atoms with van der Waals surface area (Å²) in [5.41, 5.74) is 2.20. The highest BCUT2D eigenvalue weighted by molar-refractivity contribution is 7.11. The van der Waals surface area contributed by atoms with Crippen molar-refractivity contribution in [3.05, 3.63) is 88.2 Å². The maximum absolute atomic E-state index is 13.1. The van der Waals surface area contributed by atoms with Gasteiger partial charge in [-0.25, -0.2) is 4.79 Å². The van der Waals surface area contributed by atoms with E-state index in [1.165, 1.54) is 11.3 Å². The monoisotopic (exact) mass is 446 g/mol. The zero-order valence-corrected chi connectivity index (χ0v) is 17.6. The van der Waals surface area contributed by atoms with Crippen molar-refractivity contribution in [2.45, 2.75) is 12.6 Å². The van der Waals surface area contributed by atoms with Crippen LogP contribution in [0.4, 0.5) is 0 Å². The number of thiophene rings is 1. The van der Waals surface area contributed by atoms with Gasteiger partial charge in [0.2, 0.25) is 12.9 Å². The van der Waals surface area contributed by atoms with Gasteiger partial charge in [-0.05, 0) is 47.3 Å². The minimum atomic E-state index is -1.11. The van der Waals surface area contributed by atoms with E-state index in [9.17, 15) is 9.59 Å². The first kappa shape index (κ1) is 20.0. The van der Waals surface area contributed by atoms with Crippen molar-refractivity contribution < 1.29 is 23.8 Å². The molecule has 32 heavy (non-hydrogen) atoms. The Morgan fingerprint density at radius 1 is 1.06 bits per heavy atom. The van der Waals surface area contributed by atoms with Gasteiger partial charge in [-0.15, -0.1) is 11.3 Å². The van der Waals surface area contributed by atoms with Gasteiger partial charge >= 0.3 is 5.97 Å². The van der Waals surface area contributed by atoms with Crippen LogP contribution >= 0.6 is 11.3 Å². The summed E-state index contributed by atoms with van der Waals surface area (Å²) in [7, 11) is 0. The van der Waals surface area contributed by atoms with E-state index in [4.69, 9.17) is 14.2 Å². The lowest BCUT2D eigenvalue weighted by molar-refractivity contribution is -0.130. The summed E-state index contributed by atoms with van der Waals surface area (Å²) in [4.78, 5) is 30.5. The normalized spacial score (nSPS) is 13.0. The molecule has 0 radical (unpaired) electrons. The van der Waals surface area contributed by atoms with Crippen LogP contribution in [-0.4, -0.2) is 23.7 Å². The fraction of sp³-hybridized carbons (Fsp3) is 0.125. The van der Waals surface area contributed by atoms with Crippen LogP contribution in [0.5, 0.6) is 11.5 Å². The quantitative estimate of drug-likeness (QED) is 0.446. The molecule has 7 nitrogen and oxygen atoms in total. The second-order valence-corrected chi connectivity index (χ2v) is 8.07. The Hall–Kier alpha value is -3.91. The van der Waals surface area contributed by atoms with Crippen molar-refractivity contribution in [3.63, 3.8) is 0 Å². The van der Waals surface area contributed by atoms with Crippen molar-refractivity contribution in [3.8, 4) is 11.5 Å². The molecule has 4 aromatic rings. The molecule has 3 heterocycles. The molecule has 160 valence electrons. The van der Waals surface area contributed by atoms with Crippen LogP contribution in [0.25, 0.3) is 10.9 Å². The van der Waals surface area contributed by atoms with E-state index in [-0.39, 0.29) is 13.3 Å². The van der Waals surface area contributed by atoms with Gasteiger partial charge < -0.3 is 19.5 Å². The lowest BCUT2D eigenvalue weighted by Gasteiger charge is -2.18. The fourth-order valence-electron chi connectivity index (χ4n) is 3.42. The first-order valence-electron chi connectivity index (χ1n) is 9.93. The lowest BCUT2D eigenvalue weighted by atomic mass is 10.1. The van der Waals surface area contributed by atoms with Gasteiger partial charge in [0.25, 0.3) is 5.91 Å². The summed E-state index contributed by atoms with van der Waals surface area (Å²) < 4.78 is 16.4. The first-order chi connectivity index (χ1) is 15.7. The average Bonchev–Trinajstić information content (AvgIpc) is 3.52. The molecule has 1 aliphatic rings. The molecule has 0 fully saturated rings. The summed E-state index contributed by atoms with van der Waals surface area (Å²) in [6.45, 7) is 0.431. The summed E-state index contributed by atoms with van der Waals surface area (Å²) in [5, 5.41) is 5.50. The SMILES string of the molecule is O=C(O[C@H](C(=O)NCc1ccc2c(c1)OCO2)c1ccc2ncccc2c1)c1cccs1. The molecular weight excluding hydrogens is 428 g/mol. The number of pyridine rings is 1. The second kappa shape index (κ2) is 8.68. The van der Waals surface area contributed by atoms with Crippen LogP contribution in [0.1, 0.15) is 26.9 Å². The third-order valence-corrected chi connectivity index (χ3v) is 5.87. The zero-order valence-electron chi connectivity index (χ0n) is 16.8. The Labute approximate surface area is 187 Å². The maximum atomic E-state index is 13.1. The molecule has 0 spiro atoms. The summed E-state index contributed by atoms with van der Waals surface area (Å²) >= 11 is 1.26. The third-order valence-electron chi connectivity index (χ3n) is 5.02. The number of carbonyl (C=O) groups excluding carboxylic acids is 2. The summed E-state index contributed by atoms with van der Waals surface area (Å²) in [6.07, 6.45) is 0.595. The minimum absolute atomic E-state index is 0.183. The molecule has 1 atom stereocenters. The van der Waals surface area contributed by atoms with Crippen LogP contribution in [0.2, 0.25) is 0 Å². The molecule has 0 bridgehead atoms. The molecule has 0 saturated carbocycles. The van der Waals surface area contributed by atoms with Crippen LogP contribution in [0.3, 0.4) is 0 Å². The van der Waals surface area contributed by atoms with E-state index in [0.717, 1.165) is 16.5 Å². The fourth-order valence-corrected chi connectivity index (χ4v) is 4.03. The molecule has 2 aromatic carbocycles. The highest BCUT2D eigenvalue weighted by Crippen LogP contribution is 2.32. The van der Waals surface area contributed by atoms with E-state index in [1.54, 1.807) is 35.8 Å². The van der Waals surface area contributed by atoms with Gasteiger partial charge in [0.1, 0.15) is 4.88 Å². The predicted octanol–water partition coefficient (Wildman–Crippen LogP) is 4.24. The van der Waals surface area contributed by atoms with Crippen molar-refractivity contribution in [1.82, 2.24) is 10.3 Å². The van der Waals surface area contributed by atoms with Crippen molar-refractivity contribution in [1.29, 1.82) is 0 Å². The third kappa shape index (κ3) is 4.13. The number of hydrogen-bond donors (Lipinski definition) is 1. The van der Waals surface area contributed by atoms with Gasteiger partial charge in [0.05, 0.1) is 5.52 Å². The van der Waals surface area contributed by atoms with Crippen LogP contribution in [-0.2, 0) is 16.1 Å². The smallest absolute Gasteiger partial charge is 0.349 e. The highest BCUT2D eigenvalue weighted by Gasteiger charge is 2.26. The lowest BCUT2D eigenvalue weighted by Crippen LogP contribution is -2.31. The number of fused-ring (bicyclic) bond motifs is 2. The van der Waals surface area contributed by atoms with Gasteiger partial charge in [0, 0.05) is 23.7 Å². The van der Waals surface area contributed by atoms with Gasteiger partial charge in [0.15, 0.2) is 11.5 Å². The Morgan fingerprint density at radius 3 is 2.84 bits per heavy atom. The number of aromatic nitrogens is 1. The molecule has 0 unspecified atom stereocenters. The molecule has 8 heteroatoms. The first-order valence-corrected chi connectivity index (χ1v) is 10.8. The Bertz CT molecular complexity index is 1290. The van der Waals surface area contributed by atoms with E-state index in [1.807, 2.05) is 36.4 Å². The summed E-state index contributed by atoms with van der Waals surface area (Å²) in [5.74, 6) is 0.345. The van der Waals surface area contributed by atoms with E-state index in [0.29, 0.717) is 21.9 Å². The standard InChI is InChI=1S/C24H18N2O5S/c27-23(26-13-15-5-8-19-20(11-15)30-14-29-19)22(31-24(28)21-4-2-10-32-21)17-6-7-18-16(12-17)3-1-9-25-18/h1-12,22H,13-14H2,(H,26,27)/t22-/m0/s1. The number of hydrogen-bond acceptors (Lipinski definition) is 7. The number of esters is 1. The second-order valence-electron chi connectivity index (χ2n) is 7.12. The molecule has 1 amide bonds. The van der Waals surface area contributed by atoms with Crippen LogP contribution < -0.4 is 14.8 Å². The molecule has 1 N–H and O–H groups in total. The largest absolute Gasteiger partial charge is 0.454 e. The Kier molecular flexibility index (Phi) is 5.43. The Morgan fingerprint density at radius 2 is 1.97 bits per heavy atom. The number of benzene rings is 2. The van der Waals surface area contributed by atoms with Gasteiger partial charge in [-0.1, -0.05) is 24.3 Å². The van der Waals surface area contributed by atoms with E-state index in [2.05, 4.69) is 10.3 Å². The van der Waals surface area contributed by atoms with Crippen molar-refractivity contribution in [2.24, 2.45) is 0 Å². The summed E-state index contributed by atoms with van der Waals surface area (Å²) in [6, 6.07) is 18.0. The molecule has 0 aliphatic carbocycles. The zero-order chi connectivity index (χ0) is 21.9. The van der Waals surface area contributed by atoms with Gasteiger partial charge in [-0.3, -0.25) is 9.78 Å². The van der Waals surface area contributed by atoms with Crippen LogP contribution in [0.15, 0.2) is 72.2 Å². The highest BCUT2D eigenvalue weighted by atomic mass is 32.1. The molecule has 5 rings (SSSR count). The van der Waals surface area contributed by atoms with Gasteiger partial charge in [-0.2, -0.15) is 0 Å². The van der Waals surface area contributed by atoms with Crippen molar-refractivity contribution >= 4 is 34.1 Å². The average molecular weight is 446 g/mol. The predicted molar refractivity (Wildman–Crippen MR) is 119 cm³/mol. The van der Waals surface area contributed by atoms with E-state index >= 15 is 0 Å². The number of rotatable bonds is 6. The number of nitrogens with one attached hydrogen (secondary N) is 1. The van der Waals surface area contributed by atoms with Crippen LogP contribution in [0, 0.1) is 0 Å². The van der Waals surface area contributed by atoms with E-state index < -0.39 is 18.0 Å². The number of carbonyl (C=O) groups is 2. The number of nitrogens with zero attached hydrogens (tertiary/aromatic N) is 1.